The van der Waals surface area contributed by atoms with E-state index in [1.807, 2.05) is 6.07 Å². The molecule has 0 bridgehead atoms. The minimum Gasteiger partial charge on any atom is -0.384 e. The van der Waals surface area contributed by atoms with Gasteiger partial charge in [-0.15, -0.1) is 0 Å². The number of fused-ring (bicyclic) bond motifs is 1. The Hall–Kier alpha value is -1.11. The van der Waals surface area contributed by atoms with Gasteiger partial charge in [0.1, 0.15) is 0 Å². The van der Waals surface area contributed by atoms with Gasteiger partial charge >= 0.3 is 0 Å². The normalized spacial score (nSPS) is 15.1. The molecule has 0 saturated heterocycles. The molecule has 2 N–H and O–H groups in total. The fraction of sp³-hybridized carbons (Fsp3) is 0.538. The van der Waals surface area contributed by atoms with Gasteiger partial charge in [0.2, 0.25) is 10.0 Å². The molecule has 0 amide bonds. The summed E-state index contributed by atoms with van der Waals surface area (Å²) in [6, 6.07) is 5.21. The van der Waals surface area contributed by atoms with Gasteiger partial charge in [-0.3, -0.25) is 0 Å². The van der Waals surface area contributed by atoms with Crippen molar-refractivity contribution in [1.82, 2.24) is 4.72 Å². The number of benzene rings is 1. The molecule has 19 heavy (non-hydrogen) atoms. The Kier molecular flexibility index (Phi) is 3.85. The molecule has 1 aromatic rings. The zero-order valence-electron chi connectivity index (χ0n) is 11.5. The van der Waals surface area contributed by atoms with Crippen molar-refractivity contribution in [1.29, 1.82) is 0 Å². The first-order chi connectivity index (χ1) is 8.84. The Morgan fingerprint density at radius 2 is 2.16 bits per heavy atom. The molecule has 0 unspecified atom stereocenters. The highest BCUT2D eigenvalue weighted by molar-refractivity contribution is 7.89. The van der Waals surface area contributed by atoms with Crippen LogP contribution in [0.3, 0.4) is 0 Å². The van der Waals surface area contributed by atoms with E-state index < -0.39 is 15.6 Å². The molecular weight excluding hydrogens is 264 g/mol. The molecule has 1 heterocycles. The highest BCUT2D eigenvalue weighted by Crippen LogP contribution is 2.25. The fourth-order valence-electron chi connectivity index (χ4n) is 2.25. The SMILES string of the molecule is COCC(C)(C)NS(=O)(=O)c1ccc2c(c1)NCC2. The van der Waals surface area contributed by atoms with Crippen molar-refractivity contribution < 1.29 is 13.2 Å². The summed E-state index contributed by atoms with van der Waals surface area (Å²) >= 11 is 0. The summed E-state index contributed by atoms with van der Waals surface area (Å²) in [5.74, 6) is 0. The van der Waals surface area contributed by atoms with Crippen LogP contribution < -0.4 is 10.0 Å². The van der Waals surface area contributed by atoms with Crippen molar-refractivity contribution >= 4 is 15.7 Å². The van der Waals surface area contributed by atoms with Crippen molar-refractivity contribution in [2.75, 3.05) is 25.6 Å². The van der Waals surface area contributed by atoms with E-state index in [4.69, 9.17) is 4.74 Å². The largest absolute Gasteiger partial charge is 0.384 e. The van der Waals surface area contributed by atoms with Gasteiger partial charge in [0.05, 0.1) is 17.0 Å². The first-order valence-electron chi connectivity index (χ1n) is 6.24. The number of sulfonamides is 1. The standard InChI is InChI=1S/C13H20N2O3S/c1-13(2,9-18-3)15-19(16,17)11-5-4-10-6-7-14-12(10)8-11/h4-5,8,14-15H,6-7,9H2,1-3H3. The first-order valence-corrected chi connectivity index (χ1v) is 7.72. The smallest absolute Gasteiger partial charge is 0.241 e. The van der Waals surface area contributed by atoms with Gasteiger partial charge in [-0.1, -0.05) is 6.07 Å². The molecule has 2 rings (SSSR count). The maximum atomic E-state index is 12.3. The maximum Gasteiger partial charge on any atom is 0.241 e. The van der Waals surface area contributed by atoms with Crippen molar-refractivity contribution in [2.45, 2.75) is 30.7 Å². The molecule has 1 aliphatic heterocycles. The Bertz CT molecular complexity index is 567. The molecule has 0 radical (unpaired) electrons. The molecule has 6 heteroatoms. The third kappa shape index (κ3) is 3.26. The number of hydrogen-bond acceptors (Lipinski definition) is 4. The van der Waals surface area contributed by atoms with Crippen molar-refractivity contribution in [2.24, 2.45) is 0 Å². The van der Waals surface area contributed by atoms with E-state index in [1.165, 1.54) is 0 Å². The monoisotopic (exact) mass is 284 g/mol. The average molecular weight is 284 g/mol. The van der Waals surface area contributed by atoms with E-state index in [0.29, 0.717) is 6.61 Å². The first kappa shape index (κ1) is 14.3. The molecule has 0 saturated carbocycles. The third-order valence-electron chi connectivity index (χ3n) is 3.02. The van der Waals surface area contributed by atoms with Crippen molar-refractivity contribution in [3.8, 4) is 0 Å². The topological polar surface area (TPSA) is 67.4 Å². The lowest BCUT2D eigenvalue weighted by Crippen LogP contribution is -2.46. The summed E-state index contributed by atoms with van der Waals surface area (Å²) < 4.78 is 32.3. The van der Waals surface area contributed by atoms with Crippen LogP contribution in [0.5, 0.6) is 0 Å². The van der Waals surface area contributed by atoms with Crippen LogP contribution in [0.4, 0.5) is 5.69 Å². The molecule has 1 aromatic carbocycles. The van der Waals surface area contributed by atoms with E-state index in [-0.39, 0.29) is 4.90 Å². The highest BCUT2D eigenvalue weighted by atomic mass is 32.2. The van der Waals surface area contributed by atoms with Gasteiger partial charge in [-0.2, -0.15) is 0 Å². The third-order valence-corrected chi connectivity index (χ3v) is 4.71. The zero-order valence-corrected chi connectivity index (χ0v) is 12.3. The van der Waals surface area contributed by atoms with E-state index >= 15 is 0 Å². The molecule has 5 nitrogen and oxygen atoms in total. The summed E-state index contributed by atoms with van der Waals surface area (Å²) in [4.78, 5) is 0.282. The Morgan fingerprint density at radius 1 is 1.42 bits per heavy atom. The second kappa shape index (κ2) is 5.11. The van der Waals surface area contributed by atoms with E-state index in [0.717, 1.165) is 24.2 Å². The van der Waals surface area contributed by atoms with Crippen molar-refractivity contribution in [3.63, 3.8) is 0 Å². The number of rotatable bonds is 5. The zero-order chi connectivity index (χ0) is 14.1. The second-order valence-electron chi connectivity index (χ2n) is 5.42. The summed E-state index contributed by atoms with van der Waals surface area (Å²) in [7, 11) is -1.98. The summed E-state index contributed by atoms with van der Waals surface area (Å²) in [5, 5.41) is 3.18. The summed E-state index contributed by atoms with van der Waals surface area (Å²) in [6.07, 6.45) is 0.943. The number of hydrogen-bond donors (Lipinski definition) is 2. The quantitative estimate of drug-likeness (QED) is 0.856. The van der Waals surface area contributed by atoms with Crippen LogP contribution in [0.2, 0.25) is 0 Å². The van der Waals surface area contributed by atoms with Gasteiger partial charge in [-0.05, 0) is 38.0 Å². The summed E-state index contributed by atoms with van der Waals surface area (Å²) in [5.41, 5.74) is 1.43. The van der Waals surface area contributed by atoms with Crippen molar-refractivity contribution in [3.05, 3.63) is 23.8 Å². The van der Waals surface area contributed by atoms with Gasteiger partial charge in [0.15, 0.2) is 0 Å². The van der Waals surface area contributed by atoms with E-state index in [2.05, 4.69) is 10.0 Å². The van der Waals surface area contributed by atoms with Gasteiger partial charge in [-0.25, -0.2) is 13.1 Å². The molecule has 0 atom stereocenters. The van der Waals surface area contributed by atoms with Gasteiger partial charge in [0.25, 0.3) is 0 Å². The Balaban J connectivity index is 2.25. The molecule has 106 valence electrons. The number of nitrogens with one attached hydrogen (secondary N) is 2. The molecule has 0 aromatic heterocycles. The van der Waals surface area contributed by atoms with Crippen LogP contribution in [-0.4, -0.2) is 34.2 Å². The van der Waals surface area contributed by atoms with E-state index in [9.17, 15) is 8.42 Å². The van der Waals surface area contributed by atoms with Crippen LogP contribution in [-0.2, 0) is 21.2 Å². The number of ether oxygens (including phenoxy) is 1. The molecule has 0 aliphatic carbocycles. The lowest BCUT2D eigenvalue weighted by atomic mass is 10.1. The van der Waals surface area contributed by atoms with Gasteiger partial charge in [0, 0.05) is 19.3 Å². The maximum absolute atomic E-state index is 12.3. The minimum absolute atomic E-state index is 0.282. The Labute approximate surface area is 114 Å². The summed E-state index contributed by atoms with van der Waals surface area (Å²) in [6.45, 7) is 4.76. The molecule has 1 aliphatic rings. The Morgan fingerprint density at radius 3 is 2.84 bits per heavy atom. The lowest BCUT2D eigenvalue weighted by Gasteiger charge is -2.25. The fourth-order valence-corrected chi connectivity index (χ4v) is 3.67. The molecule has 0 fully saturated rings. The number of anilines is 1. The highest BCUT2D eigenvalue weighted by Gasteiger charge is 2.27. The lowest BCUT2D eigenvalue weighted by molar-refractivity contribution is 0.141. The van der Waals surface area contributed by atoms with Crippen LogP contribution in [0.1, 0.15) is 19.4 Å². The van der Waals surface area contributed by atoms with Crippen LogP contribution in [0, 0.1) is 0 Å². The average Bonchev–Trinajstić information content (AvgIpc) is 2.73. The van der Waals surface area contributed by atoms with E-state index in [1.54, 1.807) is 33.1 Å². The van der Waals surface area contributed by atoms with Gasteiger partial charge < -0.3 is 10.1 Å². The molecular formula is C13H20N2O3S. The number of methoxy groups -OCH3 is 1. The van der Waals surface area contributed by atoms with Crippen LogP contribution >= 0.6 is 0 Å². The minimum atomic E-state index is -3.53. The predicted molar refractivity (Wildman–Crippen MR) is 74.9 cm³/mol. The van der Waals surface area contributed by atoms with Crippen LogP contribution in [0.25, 0.3) is 0 Å². The molecule has 0 spiro atoms. The second-order valence-corrected chi connectivity index (χ2v) is 7.10. The predicted octanol–water partition coefficient (Wildman–Crippen LogP) is 1.36. The van der Waals surface area contributed by atoms with Crippen LogP contribution in [0.15, 0.2) is 23.1 Å².